The molecule has 0 saturated carbocycles. The van der Waals surface area contributed by atoms with Crippen molar-refractivity contribution < 1.29 is 14.3 Å². The van der Waals surface area contributed by atoms with Crippen LogP contribution in [0.2, 0.25) is 0 Å². The third-order valence-corrected chi connectivity index (χ3v) is 4.50. The van der Waals surface area contributed by atoms with E-state index >= 15 is 0 Å². The summed E-state index contributed by atoms with van der Waals surface area (Å²) in [5, 5.41) is 1.16. The SMILES string of the molecule is C=CC(=O)OCC(C)COc1ccc2cc(-c3cccnc3)n(C(C)C)c2c1. The number of aromatic nitrogens is 2. The van der Waals surface area contributed by atoms with E-state index in [0.29, 0.717) is 19.3 Å². The monoisotopic (exact) mass is 378 g/mol. The van der Waals surface area contributed by atoms with E-state index < -0.39 is 5.97 Å². The first-order valence-electron chi connectivity index (χ1n) is 9.47. The van der Waals surface area contributed by atoms with Gasteiger partial charge in [0.15, 0.2) is 0 Å². The minimum Gasteiger partial charge on any atom is -0.493 e. The highest BCUT2D eigenvalue weighted by Crippen LogP contribution is 2.33. The maximum Gasteiger partial charge on any atom is 0.330 e. The van der Waals surface area contributed by atoms with Gasteiger partial charge in [0.25, 0.3) is 0 Å². The molecule has 0 aliphatic rings. The highest BCUT2D eigenvalue weighted by Gasteiger charge is 2.14. The predicted octanol–water partition coefficient (Wildman–Crippen LogP) is 5.03. The third-order valence-electron chi connectivity index (χ3n) is 4.50. The fraction of sp³-hybridized carbons (Fsp3) is 0.304. The van der Waals surface area contributed by atoms with Gasteiger partial charge >= 0.3 is 5.97 Å². The number of hydrogen-bond donors (Lipinski definition) is 0. The van der Waals surface area contributed by atoms with Crippen molar-refractivity contribution in [1.82, 2.24) is 9.55 Å². The smallest absolute Gasteiger partial charge is 0.330 e. The molecule has 5 nitrogen and oxygen atoms in total. The van der Waals surface area contributed by atoms with Crippen molar-refractivity contribution in [2.75, 3.05) is 13.2 Å². The number of rotatable bonds is 8. The molecule has 1 aromatic carbocycles. The molecular weight excluding hydrogens is 352 g/mol. The zero-order valence-corrected chi connectivity index (χ0v) is 16.6. The van der Waals surface area contributed by atoms with Crippen molar-refractivity contribution in [3.05, 3.63) is 61.4 Å². The van der Waals surface area contributed by atoms with Crippen LogP contribution in [0.5, 0.6) is 5.75 Å². The van der Waals surface area contributed by atoms with E-state index in [4.69, 9.17) is 9.47 Å². The molecule has 3 aromatic rings. The molecule has 0 spiro atoms. The van der Waals surface area contributed by atoms with Gasteiger partial charge < -0.3 is 14.0 Å². The van der Waals surface area contributed by atoms with Gasteiger partial charge in [-0.15, -0.1) is 0 Å². The Kier molecular flexibility index (Phi) is 6.14. The molecule has 0 saturated heterocycles. The molecule has 0 N–H and O–H groups in total. The highest BCUT2D eigenvalue weighted by molar-refractivity contribution is 5.88. The van der Waals surface area contributed by atoms with Crippen molar-refractivity contribution in [2.24, 2.45) is 5.92 Å². The zero-order chi connectivity index (χ0) is 20.1. The summed E-state index contributed by atoms with van der Waals surface area (Å²) in [5.74, 6) is 0.473. The van der Waals surface area contributed by atoms with Crippen LogP contribution in [-0.2, 0) is 9.53 Å². The van der Waals surface area contributed by atoms with Crippen LogP contribution in [-0.4, -0.2) is 28.7 Å². The molecule has 1 unspecified atom stereocenters. The van der Waals surface area contributed by atoms with Crippen molar-refractivity contribution in [1.29, 1.82) is 0 Å². The number of benzene rings is 1. The van der Waals surface area contributed by atoms with Gasteiger partial charge in [0.05, 0.1) is 24.4 Å². The van der Waals surface area contributed by atoms with Gasteiger partial charge in [0, 0.05) is 47.4 Å². The molecule has 0 fully saturated rings. The van der Waals surface area contributed by atoms with Crippen LogP contribution in [0.3, 0.4) is 0 Å². The van der Waals surface area contributed by atoms with Gasteiger partial charge in [0.2, 0.25) is 0 Å². The number of hydrogen-bond acceptors (Lipinski definition) is 4. The summed E-state index contributed by atoms with van der Waals surface area (Å²) < 4.78 is 13.3. The lowest BCUT2D eigenvalue weighted by Crippen LogP contribution is -2.16. The first-order chi connectivity index (χ1) is 13.5. The second-order valence-electron chi connectivity index (χ2n) is 7.21. The Labute approximate surface area is 165 Å². The molecule has 0 radical (unpaired) electrons. The minimum atomic E-state index is -0.411. The van der Waals surface area contributed by atoms with Crippen LogP contribution in [0.15, 0.2) is 61.4 Å². The van der Waals surface area contributed by atoms with Crippen molar-refractivity contribution >= 4 is 16.9 Å². The minimum absolute atomic E-state index is 0.0856. The summed E-state index contributed by atoms with van der Waals surface area (Å²) in [6.45, 7) is 10.5. The molecule has 3 rings (SSSR count). The summed E-state index contributed by atoms with van der Waals surface area (Å²) in [7, 11) is 0. The number of ether oxygens (including phenoxy) is 2. The van der Waals surface area contributed by atoms with Crippen molar-refractivity contribution in [2.45, 2.75) is 26.8 Å². The van der Waals surface area contributed by atoms with Crippen molar-refractivity contribution in [3.63, 3.8) is 0 Å². The first kappa shape index (κ1) is 19.7. The lowest BCUT2D eigenvalue weighted by Gasteiger charge is -2.16. The largest absolute Gasteiger partial charge is 0.493 e. The first-order valence-corrected chi connectivity index (χ1v) is 9.47. The highest BCUT2D eigenvalue weighted by atomic mass is 16.5. The molecule has 146 valence electrons. The quantitative estimate of drug-likeness (QED) is 0.408. The molecule has 0 aliphatic heterocycles. The fourth-order valence-corrected chi connectivity index (χ4v) is 3.15. The van der Waals surface area contributed by atoms with Crippen LogP contribution in [0.25, 0.3) is 22.2 Å². The van der Waals surface area contributed by atoms with Crippen LogP contribution < -0.4 is 4.74 Å². The normalized spacial score (nSPS) is 12.1. The Bertz CT molecular complexity index is 961. The van der Waals surface area contributed by atoms with Gasteiger partial charge in [-0.25, -0.2) is 4.79 Å². The van der Waals surface area contributed by atoms with E-state index in [0.717, 1.165) is 27.9 Å². The topological polar surface area (TPSA) is 53.4 Å². The number of fused-ring (bicyclic) bond motifs is 1. The Morgan fingerprint density at radius 3 is 2.71 bits per heavy atom. The summed E-state index contributed by atoms with van der Waals surface area (Å²) in [6, 6.07) is 12.6. The summed E-state index contributed by atoms with van der Waals surface area (Å²) >= 11 is 0. The van der Waals surface area contributed by atoms with E-state index in [9.17, 15) is 4.79 Å². The molecule has 2 aromatic heterocycles. The van der Waals surface area contributed by atoms with E-state index in [1.807, 2.05) is 25.3 Å². The number of carbonyl (C=O) groups is 1. The van der Waals surface area contributed by atoms with Crippen LogP contribution in [0, 0.1) is 5.92 Å². The Balaban J connectivity index is 1.82. The second-order valence-corrected chi connectivity index (χ2v) is 7.21. The standard InChI is InChI=1S/C23H26N2O3/c1-5-23(26)28-15-17(4)14-27-20-9-8-18-11-21(19-7-6-10-24-13-19)25(16(2)3)22(18)12-20/h5-13,16-17H,1,14-15H2,2-4H3. The Morgan fingerprint density at radius 1 is 1.21 bits per heavy atom. The Morgan fingerprint density at radius 2 is 2.04 bits per heavy atom. The van der Waals surface area contributed by atoms with Crippen molar-refractivity contribution in [3.8, 4) is 17.0 Å². The van der Waals surface area contributed by atoms with Gasteiger partial charge in [-0.2, -0.15) is 0 Å². The molecule has 0 aliphatic carbocycles. The number of pyridine rings is 1. The lowest BCUT2D eigenvalue weighted by molar-refractivity contribution is -0.139. The average molecular weight is 378 g/mol. The van der Waals surface area contributed by atoms with E-state index in [-0.39, 0.29) is 5.92 Å². The maximum absolute atomic E-state index is 11.2. The number of esters is 1. The van der Waals surface area contributed by atoms with Gasteiger partial charge in [0.1, 0.15) is 5.75 Å². The average Bonchev–Trinajstić information content (AvgIpc) is 3.10. The second kappa shape index (κ2) is 8.74. The van der Waals surface area contributed by atoms with Crippen LogP contribution in [0.4, 0.5) is 0 Å². The molecule has 0 bridgehead atoms. The molecule has 0 amide bonds. The van der Waals surface area contributed by atoms with Gasteiger partial charge in [-0.05, 0) is 44.2 Å². The number of carbonyl (C=O) groups excluding carboxylic acids is 1. The zero-order valence-electron chi connectivity index (χ0n) is 16.6. The fourth-order valence-electron chi connectivity index (χ4n) is 3.15. The lowest BCUT2D eigenvalue weighted by atomic mass is 10.2. The molecule has 5 heteroatoms. The molecule has 28 heavy (non-hydrogen) atoms. The van der Waals surface area contributed by atoms with Crippen LogP contribution in [0.1, 0.15) is 26.8 Å². The summed E-state index contributed by atoms with van der Waals surface area (Å²) in [5.41, 5.74) is 3.35. The molecular formula is C23H26N2O3. The third kappa shape index (κ3) is 4.42. The van der Waals surface area contributed by atoms with E-state index in [2.05, 4.69) is 54.2 Å². The van der Waals surface area contributed by atoms with Crippen LogP contribution >= 0.6 is 0 Å². The predicted molar refractivity (Wildman–Crippen MR) is 111 cm³/mol. The summed E-state index contributed by atoms with van der Waals surface area (Å²) in [6.07, 6.45) is 4.84. The van der Waals surface area contributed by atoms with Gasteiger partial charge in [-0.1, -0.05) is 13.5 Å². The van der Waals surface area contributed by atoms with E-state index in [1.165, 1.54) is 6.08 Å². The molecule has 1 atom stereocenters. The Hall–Kier alpha value is -3.08. The summed E-state index contributed by atoms with van der Waals surface area (Å²) in [4.78, 5) is 15.4. The van der Waals surface area contributed by atoms with Gasteiger partial charge in [-0.3, -0.25) is 4.98 Å². The number of nitrogens with zero attached hydrogens (tertiary/aromatic N) is 2. The maximum atomic E-state index is 11.2. The van der Waals surface area contributed by atoms with E-state index in [1.54, 1.807) is 6.20 Å². The molecule has 2 heterocycles.